The van der Waals surface area contributed by atoms with Gasteiger partial charge in [0.2, 0.25) is 0 Å². The monoisotopic (exact) mass is 1080 g/mol. The van der Waals surface area contributed by atoms with Crippen molar-refractivity contribution in [1.82, 2.24) is 0 Å². The van der Waals surface area contributed by atoms with Crippen molar-refractivity contribution in [2.75, 3.05) is 45.8 Å². The van der Waals surface area contributed by atoms with E-state index in [-0.39, 0.29) is 21.7 Å². The van der Waals surface area contributed by atoms with E-state index in [1.54, 1.807) is 0 Å². The van der Waals surface area contributed by atoms with Gasteiger partial charge in [0, 0.05) is 92.0 Å². The Balaban J connectivity index is 0.000000192. The van der Waals surface area contributed by atoms with E-state index in [2.05, 4.69) is 248 Å². The number of allylic oxidation sites excluding steroid dienone is 14. The highest BCUT2D eigenvalue weighted by molar-refractivity contribution is 6.33. The molecule has 4 aliphatic heterocycles. The average molecular weight is 1080 g/mol. The molecule has 2 unspecified atom stereocenters. The van der Waals surface area contributed by atoms with Gasteiger partial charge < -0.3 is 19.6 Å². The fourth-order valence-electron chi connectivity index (χ4n) is 13.8. The average Bonchev–Trinajstić information content (AvgIpc) is 4.09. The van der Waals surface area contributed by atoms with Crippen molar-refractivity contribution in [2.24, 2.45) is 0 Å². The summed E-state index contributed by atoms with van der Waals surface area (Å²) in [5.41, 5.74) is 17.9. The van der Waals surface area contributed by atoms with Gasteiger partial charge in [0.1, 0.15) is 0 Å². The maximum atomic E-state index is 9.77. The Hall–Kier alpha value is -5.42. The second-order valence-corrected chi connectivity index (χ2v) is 25.5. The predicted octanol–water partition coefficient (Wildman–Crippen LogP) is 19.6. The first kappa shape index (κ1) is 55.9. The van der Waals surface area contributed by atoms with Crippen LogP contribution < -0.4 is 19.6 Å². The lowest BCUT2D eigenvalue weighted by atomic mass is 9.80. The van der Waals surface area contributed by atoms with E-state index in [0.29, 0.717) is 6.04 Å². The zero-order valence-electron chi connectivity index (χ0n) is 50.4. The lowest BCUT2D eigenvalue weighted by molar-refractivity contribution is 0.473. The van der Waals surface area contributed by atoms with E-state index in [1.807, 2.05) is 0 Å². The molecule has 0 spiro atoms. The SMILES string of the molecule is CCCN1/C(=C/C=C2\CCCC(/C=C/C3N(CCC)c4ccccc4C3(C)C)=C2Cl)C(C)(C)c2ccccc21.[2H]C1(/C=C/C2=C(Cl)C(=C/C=C3/N(CCC)c4ccccc4C3(C)C)/CCC2)N(CCC)c2ccccc2C1(C)C. The summed E-state index contributed by atoms with van der Waals surface area (Å²) in [5.74, 6) is 0. The molecule has 6 aliphatic rings. The molecule has 4 nitrogen and oxygen atoms in total. The van der Waals surface area contributed by atoms with Gasteiger partial charge in [0.25, 0.3) is 0 Å². The third-order valence-corrected chi connectivity index (χ3v) is 18.9. The fraction of sp³-hybridized carbons (Fsp3) is 0.444. The minimum atomic E-state index is -0.875. The number of hydrogen-bond donors (Lipinski definition) is 0. The number of para-hydroxylation sites is 4. The van der Waals surface area contributed by atoms with Crippen molar-refractivity contribution in [1.29, 1.82) is 0 Å². The summed E-state index contributed by atoms with van der Waals surface area (Å²) in [6.07, 6.45) is 28.8. The van der Waals surface area contributed by atoms with Crippen LogP contribution in [0.25, 0.3) is 0 Å². The number of nitrogens with zero attached hydrogens (tertiary/aromatic N) is 4. The zero-order chi connectivity index (χ0) is 56.5. The molecule has 0 saturated heterocycles. The Bertz CT molecular complexity index is 3160. The first-order chi connectivity index (χ1) is 37.8. The van der Waals surface area contributed by atoms with Gasteiger partial charge in [-0.1, -0.05) is 216 Å². The molecule has 4 heterocycles. The smallest absolute Gasteiger partial charge is 0.0584 e. The van der Waals surface area contributed by atoms with Crippen LogP contribution in [0.15, 0.2) is 189 Å². The standard InChI is InChI=1S/2C36H45ClN2/c2*1-7-24-38-30-18-11-9-16-28(30)35(3,4)32(38)22-20-26-14-13-15-27(34(26)37)21-23-33-36(5,6)29-17-10-12-19-31(29)39(33)25-8-2/h2*9-12,16-23,32H,7-8,13-15,24-25H2,1-6H3/b2*22-20+,27-21+,33-23+/i32D;. The molecule has 0 N–H and O–H groups in total. The van der Waals surface area contributed by atoms with Crippen LogP contribution in [0, 0.1) is 0 Å². The van der Waals surface area contributed by atoms with Crippen LogP contribution in [0.1, 0.15) is 171 Å². The minimum absolute atomic E-state index is 0.0256. The molecule has 412 valence electrons. The maximum absolute atomic E-state index is 9.77. The van der Waals surface area contributed by atoms with Gasteiger partial charge in [-0.05, 0) is 145 Å². The van der Waals surface area contributed by atoms with E-state index < -0.39 is 6.02 Å². The molecule has 0 amide bonds. The van der Waals surface area contributed by atoms with Gasteiger partial charge in [0.05, 0.1) is 13.4 Å². The molecule has 10 rings (SSSR count). The molecular weight excluding hydrogens is 992 g/mol. The first-order valence-corrected chi connectivity index (χ1v) is 30.5. The van der Waals surface area contributed by atoms with Gasteiger partial charge in [0.15, 0.2) is 0 Å². The van der Waals surface area contributed by atoms with Crippen molar-refractivity contribution in [3.05, 3.63) is 212 Å². The minimum Gasteiger partial charge on any atom is -0.364 e. The normalized spacial score (nSPS) is 24.9. The number of rotatable bonds is 14. The number of anilines is 4. The largest absolute Gasteiger partial charge is 0.364 e. The quantitative estimate of drug-likeness (QED) is 0.125. The van der Waals surface area contributed by atoms with Crippen molar-refractivity contribution < 1.29 is 1.37 Å². The lowest BCUT2D eigenvalue weighted by Crippen LogP contribution is -2.40. The van der Waals surface area contributed by atoms with Crippen molar-refractivity contribution in [2.45, 2.75) is 181 Å². The highest BCUT2D eigenvalue weighted by atomic mass is 35.5. The third kappa shape index (κ3) is 10.7. The highest BCUT2D eigenvalue weighted by Crippen LogP contribution is 2.51. The van der Waals surface area contributed by atoms with Crippen LogP contribution >= 0.6 is 23.2 Å². The molecule has 0 radical (unpaired) electrons. The molecule has 78 heavy (non-hydrogen) atoms. The summed E-state index contributed by atoms with van der Waals surface area (Å²) >= 11 is 14.3. The Morgan fingerprint density at radius 2 is 0.846 bits per heavy atom. The topological polar surface area (TPSA) is 13.0 Å². The Labute approximate surface area is 483 Å². The van der Waals surface area contributed by atoms with Crippen LogP contribution in [0.5, 0.6) is 0 Å². The number of benzene rings is 4. The Kier molecular flexibility index (Phi) is 17.0. The maximum Gasteiger partial charge on any atom is 0.0584 e. The van der Waals surface area contributed by atoms with E-state index in [0.717, 1.165) is 106 Å². The summed E-state index contributed by atoms with van der Waals surface area (Å²) in [6.45, 7) is 31.4. The second kappa shape index (κ2) is 23.7. The molecule has 0 saturated carbocycles. The van der Waals surface area contributed by atoms with Crippen molar-refractivity contribution >= 4 is 46.0 Å². The van der Waals surface area contributed by atoms with Gasteiger partial charge in [-0.25, -0.2) is 0 Å². The molecule has 4 aromatic carbocycles. The first-order valence-electron chi connectivity index (χ1n) is 30.2. The molecular formula is C72H90Cl2N4. The lowest BCUT2D eigenvalue weighted by Gasteiger charge is -2.32. The van der Waals surface area contributed by atoms with Crippen molar-refractivity contribution in [3.63, 3.8) is 0 Å². The van der Waals surface area contributed by atoms with E-state index in [4.69, 9.17) is 23.2 Å². The molecule has 2 atom stereocenters. The zero-order valence-corrected chi connectivity index (χ0v) is 50.9. The number of fused-ring (bicyclic) bond motifs is 4. The van der Waals surface area contributed by atoms with Crippen LogP contribution in [-0.2, 0) is 21.7 Å². The van der Waals surface area contributed by atoms with Crippen LogP contribution in [0.2, 0.25) is 0 Å². The van der Waals surface area contributed by atoms with Gasteiger partial charge in [-0.15, -0.1) is 0 Å². The van der Waals surface area contributed by atoms with Gasteiger partial charge in [-0.3, -0.25) is 0 Å². The molecule has 0 aromatic heterocycles. The molecule has 6 heteroatoms. The molecule has 4 aromatic rings. The van der Waals surface area contributed by atoms with Crippen LogP contribution in [0.3, 0.4) is 0 Å². The highest BCUT2D eigenvalue weighted by Gasteiger charge is 2.45. The summed E-state index contributed by atoms with van der Waals surface area (Å²) in [4.78, 5) is 9.86. The number of halogens is 2. The van der Waals surface area contributed by atoms with Crippen LogP contribution in [-0.4, -0.2) is 38.2 Å². The molecule has 0 fully saturated rings. The Morgan fingerprint density at radius 3 is 1.31 bits per heavy atom. The molecule has 2 aliphatic carbocycles. The summed E-state index contributed by atoms with van der Waals surface area (Å²) in [6, 6.07) is 34.6. The summed E-state index contributed by atoms with van der Waals surface area (Å²) in [5, 5.41) is 1.80. The summed E-state index contributed by atoms with van der Waals surface area (Å²) < 4.78 is 9.77. The van der Waals surface area contributed by atoms with Gasteiger partial charge in [-0.2, -0.15) is 0 Å². The van der Waals surface area contributed by atoms with Gasteiger partial charge >= 0.3 is 0 Å². The Morgan fingerprint density at radius 1 is 0.462 bits per heavy atom. The fourth-order valence-corrected chi connectivity index (χ4v) is 14.4. The van der Waals surface area contributed by atoms with Crippen LogP contribution in [0.4, 0.5) is 22.7 Å². The second-order valence-electron chi connectivity index (χ2n) is 24.7. The third-order valence-electron chi connectivity index (χ3n) is 17.9. The number of hydrogen-bond acceptors (Lipinski definition) is 4. The van der Waals surface area contributed by atoms with E-state index in [1.165, 1.54) is 73.1 Å². The summed E-state index contributed by atoms with van der Waals surface area (Å²) in [7, 11) is 0. The van der Waals surface area contributed by atoms with E-state index in [9.17, 15) is 1.37 Å². The van der Waals surface area contributed by atoms with E-state index >= 15 is 0 Å². The molecule has 0 bridgehead atoms. The predicted molar refractivity (Wildman–Crippen MR) is 340 cm³/mol. The van der Waals surface area contributed by atoms with Crippen molar-refractivity contribution in [3.8, 4) is 0 Å².